The lowest BCUT2D eigenvalue weighted by molar-refractivity contribution is -0.113. The molecule has 0 saturated heterocycles. The van der Waals surface area contributed by atoms with Crippen LogP contribution >= 0.6 is 23.1 Å². The molecule has 7 nitrogen and oxygen atoms in total. The van der Waals surface area contributed by atoms with Gasteiger partial charge in [-0.3, -0.25) is 10.1 Å². The van der Waals surface area contributed by atoms with Gasteiger partial charge in [0.25, 0.3) is 0 Å². The molecule has 0 atom stereocenters. The number of thioether (sulfide) groups is 1. The van der Waals surface area contributed by atoms with Crippen LogP contribution in [0.3, 0.4) is 0 Å². The Morgan fingerprint density at radius 3 is 2.56 bits per heavy atom. The van der Waals surface area contributed by atoms with Gasteiger partial charge in [-0.15, -0.1) is 20.4 Å². The second-order valence-corrected chi connectivity index (χ2v) is 10.4. The van der Waals surface area contributed by atoms with E-state index in [1.54, 1.807) is 5.51 Å². The van der Waals surface area contributed by atoms with Gasteiger partial charge in [-0.05, 0) is 61.7 Å². The van der Waals surface area contributed by atoms with Crippen molar-refractivity contribution in [2.24, 2.45) is 30.2 Å². The molecule has 2 heterocycles. The van der Waals surface area contributed by atoms with Gasteiger partial charge >= 0.3 is 0 Å². The molecule has 2 aromatic heterocycles. The van der Waals surface area contributed by atoms with Gasteiger partial charge in [0, 0.05) is 13.5 Å². The third kappa shape index (κ3) is 3.51. The fraction of sp³-hybridized carbons (Fsp3) is 0.722. The first-order chi connectivity index (χ1) is 13.1. The predicted octanol–water partition coefficient (Wildman–Crippen LogP) is 3.16. The van der Waals surface area contributed by atoms with Gasteiger partial charge in [0.05, 0.1) is 5.75 Å². The van der Waals surface area contributed by atoms with Crippen molar-refractivity contribution in [3.63, 3.8) is 0 Å². The molecule has 0 unspecified atom stereocenters. The molecule has 144 valence electrons. The van der Waals surface area contributed by atoms with Gasteiger partial charge < -0.3 is 4.57 Å². The van der Waals surface area contributed by atoms with Crippen molar-refractivity contribution in [1.29, 1.82) is 0 Å². The highest BCUT2D eigenvalue weighted by atomic mass is 32.2. The van der Waals surface area contributed by atoms with Crippen LogP contribution < -0.4 is 5.32 Å². The van der Waals surface area contributed by atoms with E-state index in [0.717, 1.165) is 35.2 Å². The van der Waals surface area contributed by atoms with Crippen molar-refractivity contribution in [3.05, 3.63) is 11.3 Å². The Labute approximate surface area is 166 Å². The summed E-state index contributed by atoms with van der Waals surface area (Å²) in [5.41, 5.74) is 2.05. The summed E-state index contributed by atoms with van der Waals surface area (Å²) < 4.78 is 2.08. The molecule has 1 amide bonds. The monoisotopic (exact) mass is 404 g/mol. The summed E-state index contributed by atoms with van der Waals surface area (Å²) in [7, 11) is 2.03. The van der Waals surface area contributed by atoms with Gasteiger partial charge in [0.1, 0.15) is 11.3 Å². The summed E-state index contributed by atoms with van der Waals surface area (Å²) in [4.78, 5) is 12.1. The molecule has 0 spiro atoms. The maximum Gasteiger partial charge on any atom is 0.236 e. The number of nitrogens with zero attached hydrogens (tertiary/aromatic N) is 5. The summed E-state index contributed by atoms with van der Waals surface area (Å²) in [6, 6.07) is 0. The number of anilines is 1. The summed E-state index contributed by atoms with van der Waals surface area (Å²) in [6.45, 7) is 0. The molecule has 9 heteroatoms. The molecule has 0 aromatic carbocycles. The molecule has 4 saturated carbocycles. The minimum atomic E-state index is -0.0950. The first kappa shape index (κ1) is 17.6. The lowest BCUT2D eigenvalue weighted by atomic mass is 9.49. The van der Waals surface area contributed by atoms with E-state index in [9.17, 15) is 4.79 Å². The van der Waals surface area contributed by atoms with E-state index in [0.29, 0.717) is 16.3 Å². The van der Waals surface area contributed by atoms with Crippen LogP contribution in [-0.2, 0) is 18.3 Å². The molecule has 0 radical (unpaired) electrons. The van der Waals surface area contributed by atoms with Gasteiger partial charge in [-0.2, -0.15) is 0 Å². The van der Waals surface area contributed by atoms with Crippen molar-refractivity contribution >= 4 is 34.1 Å². The highest BCUT2D eigenvalue weighted by Gasteiger charge is 2.51. The van der Waals surface area contributed by atoms with Crippen LogP contribution in [-0.4, -0.2) is 36.6 Å². The number of hydrogen-bond acceptors (Lipinski definition) is 7. The normalized spacial score (nSPS) is 31.4. The van der Waals surface area contributed by atoms with Crippen LogP contribution in [0.15, 0.2) is 10.7 Å². The van der Waals surface area contributed by atoms with Crippen molar-refractivity contribution < 1.29 is 4.79 Å². The topological polar surface area (TPSA) is 85.6 Å². The van der Waals surface area contributed by atoms with Gasteiger partial charge in [0.15, 0.2) is 5.16 Å². The van der Waals surface area contributed by atoms with Crippen molar-refractivity contribution in [3.8, 4) is 0 Å². The predicted molar refractivity (Wildman–Crippen MR) is 105 cm³/mol. The summed E-state index contributed by atoms with van der Waals surface area (Å²) in [5, 5.41) is 20.5. The van der Waals surface area contributed by atoms with Crippen molar-refractivity contribution in [2.75, 3.05) is 11.1 Å². The first-order valence-corrected chi connectivity index (χ1v) is 11.5. The fourth-order valence-electron chi connectivity index (χ4n) is 5.98. The molecule has 6 rings (SSSR count). The number of carbonyl (C=O) groups is 1. The Hall–Kier alpha value is -1.48. The Bertz CT molecular complexity index is 798. The van der Waals surface area contributed by atoms with Crippen LogP contribution in [0.2, 0.25) is 0 Å². The maximum atomic E-state index is 12.1. The third-order valence-electron chi connectivity index (χ3n) is 6.56. The lowest BCUT2D eigenvalue weighted by Crippen LogP contribution is -2.47. The number of carbonyl (C=O) groups excluding carboxylic acids is 1. The average Bonchev–Trinajstić information content (AvgIpc) is 3.23. The maximum absolute atomic E-state index is 12.1. The Morgan fingerprint density at radius 1 is 1.22 bits per heavy atom. The molecule has 4 aliphatic rings. The molecule has 2 aromatic rings. The zero-order chi connectivity index (χ0) is 18.4. The Morgan fingerprint density at radius 2 is 1.93 bits per heavy atom. The highest BCUT2D eigenvalue weighted by Crippen LogP contribution is 2.60. The smallest absolute Gasteiger partial charge is 0.236 e. The number of rotatable bonds is 6. The van der Waals surface area contributed by atoms with Crippen LogP contribution in [0.4, 0.5) is 5.13 Å². The Balaban J connectivity index is 1.22. The quantitative estimate of drug-likeness (QED) is 0.745. The van der Waals surface area contributed by atoms with Gasteiger partial charge in [-0.25, -0.2) is 0 Å². The van der Waals surface area contributed by atoms with E-state index < -0.39 is 0 Å². The minimum Gasteiger partial charge on any atom is -0.309 e. The van der Waals surface area contributed by atoms with Crippen LogP contribution in [0, 0.1) is 23.2 Å². The lowest BCUT2D eigenvalue weighted by Gasteiger charge is -2.56. The van der Waals surface area contributed by atoms with Crippen molar-refractivity contribution in [1.82, 2.24) is 25.0 Å². The SMILES string of the molecule is Cn1c(CC23CC4CC(CC(C4)C2)C3)nnc1SCC(=O)Nc1nncs1. The van der Waals surface area contributed by atoms with E-state index in [4.69, 9.17) is 0 Å². The minimum absolute atomic E-state index is 0.0950. The number of hydrogen-bond donors (Lipinski definition) is 1. The fourth-order valence-corrected chi connectivity index (χ4v) is 7.17. The van der Waals surface area contributed by atoms with Gasteiger partial charge in [0.2, 0.25) is 11.0 Å². The molecule has 27 heavy (non-hydrogen) atoms. The van der Waals surface area contributed by atoms with Gasteiger partial charge in [-0.1, -0.05) is 23.1 Å². The number of nitrogens with one attached hydrogen (secondary N) is 1. The molecular weight excluding hydrogens is 380 g/mol. The molecule has 0 aliphatic heterocycles. The summed E-state index contributed by atoms with van der Waals surface area (Å²) >= 11 is 2.74. The second kappa shape index (κ2) is 6.84. The van der Waals surface area contributed by atoms with Crippen LogP contribution in [0.25, 0.3) is 0 Å². The van der Waals surface area contributed by atoms with E-state index in [1.165, 1.54) is 61.6 Å². The zero-order valence-corrected chi connectivity index (χ0v) is 17.1. The zero-order valence-electron chi connectivity index (χ0n) is 15.4. The van der Waals surface area contributed by atoms with Crippen molar-refractivity contribution in [2.45, 2.75) is 50.1 Å². The van der Waals surface area contributed by atoms with Crippen LogP contribution in [0.1, 0.15) is 44.3 Å². The van der Waals surface area contributed by atoms with E-state index >= 15 is 0 Å². The standard InChI is InChI=1S/C18H24N6OS2/c1-24-14(8-18-5-11-2-12(6-18)4-13(3-11)7-18)21-23-17(24)26-9-15(25)20-16-22-19-10-27-16/h10-13H,2-9H2,1H3,(H,20,22,25). The Kier molecular flexibility index (Phi) is 4.46. The molecular formula is C18H24N6OS2. The molecule has 4 bridgehead atoms. The summed E-state index contributed by atoms with van der Waals surface area (Å²) in [6.07, 6.45) is 9.54. The summed E-state index contributed by atoms with van der Waals surface area (Å²) in [5.74, 6) is 4.11. The van der Waals surface area contributed by atoms with Crippen LogP contribution in [0.5, 0.6) is 0 Å². The van der Waals surface area contributed by atoms with E-state index in [2.05, 4.69) is 30.3 Å². The second-order valence-electron chi connectivity index (χ2n) is 8.63. The molecule has 4 fully saturated rings. The number of aromatic nitrogens is 5. The average molecular weight is 405 g/mol. The third-order valence-corrected chi connectivity index (χ3v) is 8.19. The largest absolute Gasteiger partial charge is 0.309 e. The number of amides is 1. The molecule has 1 N–H and O–H groups in total. The highest BCUT2D eigenvalue weighted by molar-refractivity contribution is 7.99. The first-order valence-electron chi connectivity index (χ1n) is 9.66. The van der Waals surface area contributed by atoms with E-state index in [-0.39, 0.29) is 5.91 Å². The van der Waals surface area contributed by atoms with E-state index in [1.807, 2.05) is 7.05 Å². The molecule has 4 aliphatic carbocycles.